The number of rotatable bonds is 7. The second-order valence-electron chi connectivity index (χ2n) is 8.11. The number of non-ortho nitro benzene ring substituents is 1. The van der Waals surface area contributed by atoms with E-state index in [9.17, 15) is 14.9 Å². The van der Waals surface area contributed by atoms with Crippen LogP contribution in [0.2, 0.25) is 0 Å². The zero-order valence-electron chi connectivity index (χ0n) is 19.9. The fraction of sp³-hybridized carbons (Fsp3) is 0.154. The van der Waals surface area contributed by atoms with Crippen LogP contribution in [0.4, 0.5) is 5.69 Å². The molecule has 3 N–H and O–H groups in total. The van der Waals surface area contributed by atoms with Crippen molar-refractivity contribution >= 4 is 34.5 Å². The number of aromatic nitrogens is 2. The molecular formula is C26H22N4O6S. The van der Waals surface area contributed by atoms with Gasteiger partial charge in [0.1, 0.15) is 17.1 Å². The number of nitrogens with one attached hydrogen (secondary N) is 1. The first-order valence-corrected chi connectivity index (χ1v) is 12.1. The standard InChI is InChI=1S/C26H22N4O6S/c1-3-35-25(31)23-22(14-4-6-15(7-5-14)30(32)33)18-13-17(9-11-21(18)36-24(23)27)37-26-28-19-10-8-16(34-2)12-20(19)29-26/h4-13,22H,3,27H2,1-2H3,(H,28,29). The lowest BCUT2D eigenvalue weighted by molar-refractivity contribution is -0.384. The monoisotopic (exact) mass is 518 g/mol. The van der Waals surface area contributed by atoms with Crippen molar-refractivity contribution in [2.75, 3.05) is 13.7 Å². The van der Waals surface area contributed by atoms with E-state index in [1.54, 1.807) is 32.2 Å². The molecular weight excluding hydrogens is 496 g/mol. The lowest BCUT2D eigenvalue weighted by Gasteiger charge is -2.28. The van der Waals surface area contributed by atoms with Crippen molar-refractivity contribution < 1.29 is 23.9 Å². The van der Waals surface area contributed by atoms with E-state index in [4.69, 9.17) is 19.9 Å². The van der Waals surface area contributed by atoms with Crippen LogP contribution in [-0.2, 0) is 9.53 Å². The fourth-order valence-electron chi connectivity index (χ4n) is 4.19. The van der Waals surface area contributed by atoms with Crippen LogP contribution in [0.3, 0.4) is 0 Å². The number of nitrogens with two attached hydrogens (primary N) is 1. The molecule has 1 unspecified atom stereocenters. The third-order valence-corrected chi connectivity index (χ3v) is 6.76. The Labute approximate surface area is 215 Å². The quantitative estimate of drug-likeness (QED) is 0.199. The van der Waals surface area contributed by atoms with Gasteiger partial charge in [-0.2, -0.15) is 0 Å². The highest BCUT2D eigenvalue weighted by atomic mass is 32.2. The van der Waals surface area contributed by atoms with Crippen molar-refractivity contribution in [3.05, 3.63) is 93.4 Å². The zero-order chi connectivity index (χ0) is 26.1. The lowest BCUT2D eigenvalue weighted by Crippen LogP contribution is -2.27. The van der Waals surface area contributed by atoms with Gasteiger partial charge >= 0.3 is 5.97 Å². The predicted molar refractivity (Wildman–Crippen MR) is 137 cm³/mol. The van der Waals surface area contributed by atoms with Crippen molar-refractivity contribution in [3.8, 4) is 11.5 Å². The minimum atomic E-state index is -0.649. The first-order valence-electron chi connectivity index (χ1n) is 11.3. The van der Waals surface area contributed by atoms with E-state index in [0.717, 1.165) is 21.7 Å². The van der Waals surface area contributed by atoms with Gasteiger partial charge in [0.05, 0.1) is 35.6 Å². The minimum absolute atomic E-state index is 0.0588. The van der Waals surface area contributed by atoms with Gasteiger partial charge in [-0.05, 0) is 42.8 Å². The Bertz CT molecular complexity index is 1550. The molecule has 188 valence electrons. The van der Waals surface area contributed by atoms with Gasteiger partial charge in [-0.25, -0.2) is 9.78 Å². The van der Waals surface area contributed by atoms with E-state index >= 15 is 0 Å². The molecule has 37 heavy (non-hydrogen) atoms. The highest BCUT2D eigenvalue weighted by molar-refractivity contribution is 7.99. The topological polar surface area (TPSA) is 143 Å². The molecule has 0 spiro atoms. The van der Waals surface area contributed by atoms with Gasteiger partial charge in [-0.3, -0.25) is 10.1 Å². The SMILES string of the molecule is CCOC(=O)C1=C(N)Oc2ccc(Sc3nc4ccc(OC)cc4[nH]3)cc2C1c1ccc([N+](=O)[O-])cc1. The van der Waals surface area contributed by atoms with E-state index < -0.39 is 16.8 Å². The molecule has 0 saturated heterocycles. The predicted octanol–water partition coefficient (Wildman–Crippen LogP) is 4.89. The van der Waals surface area contributed by atoms with Crippen molar-refractivity contribution in [2.45, 2.75) is 22.9 Å². The van der Waals surface area contributed by atoms with Crippen LogP contribution in [0.25, 0.3) is 11.0 Å². The van der Waals surface area contributed by atoms with E-state index in [1.165, 1.54) is 23.9 Å². The number of carbonyl (C=O) groups is 1. The fourth-order valence-corrected chi connectivity index (χ4v) is 5.04. The number of esters is 1. The molecule has 1 atom stereocenters. The second kappa shape index (κ2) is 9.86. The van der Waals surface area contributed by atoms with Gasteiger partial charge in [0.2, 0.25) is 5.88 Å². The smallest absolute Gasteiger partial charge is 0.340 e. The first-order chi connectivity index (χ1) is 17.9. The molecule has 1 aliphatic rings. The maximum atomic E-state index is 12.9. The van der Waals surface area contributed by atoms with Crippen molar-refractivity contribution in [1.29, 1.82) is 0 Å². The number of ether oxygens (including phenoxy) is 3. The molecule has 4 aromatic rings. The van der Waals surface area contributed by atoms with Crippen LogP contribution >= 0.6 is 11.8 Å². The number of nitro groups is 1. The molecule has 0 radical (unpaired) electrons. The summed E-state index contributed by atoms with van der Waals surface area (Å²) >= 11 is 1.41. The molecule has 0 bridgehead atoms. The summed E-state index contributed by atoms with van der Waals surface area (Å²) in [5, 5.41) is 11.9. The van der Waals surface area contributed by atoms with Crippen LogP contribution < -0.4 is 15.2 Å². The van der Waals surface area contributed by atoms with Crippen molar-refractivity contribution in [1.82, 2.24) is 9.97 Å². The Kier molecular flexibility index (Phi) is 6.45. The van der Waals surface area contributed by atoms with Crippen LogP contribution in [0.15, 0.2) is 82.2 Å². The third kappa shape index (κ3) is 4.68. The molecule has 1 aliphatic heterocycles. The number of hydrogen-bond acceptors (Lipinski definition) is 9. The number of imidazole rings is 1. The van der Waals surface area contributed by atoms with Gasteiger partial charge in [0, 0.05) is 28.7 Å². The van der Waals surface area contributed by atoms with E-state index in [1.807, 2.05) is 30.3 Å². The molecule has 10 nitrogen and oxygen atoms in total. The molecule has 0 fully saturated rings. The normalized spacial score (nSPS) is 14.7. The van der Waals surface area contributed by atoms with Crippen molar-refractivity contribution in [2.24, 2.45) is 5.73 Å². The highest BCUT2D eigenvalue weighted by Crippen LogP contribution is 2.45. The van der Waals surface area contributed by atoms with Crippen LogP contribution in [0.5, 0.6) is 11.5 Å². The van der Waals surface area contributed by atoms with E-state index in [-0.39, 0.29) is 23.8 Å². The molecule has 11 heteroatoms. The maximum Gasteiger partial charge on any atom is 0.340 e. The van der Waals surface area contributed by atoms with Crippen LogP contribution in [0.1, 0.15) is 24.0 Å². The number of methoxy groups -OCH3 is 1. The minimum Gasteiger partial charge on any atom is -0.497 e. The highest BCUT2D eigenvalue weighted by Gasteiger charge is 2.36. The molecule has 0 saturated carbocycles. The Hall–Kier alpha value is -4.51. The summed E-state index contributed by atoms with van der Waals surface area (Å²) in [7, 11) is 1.61. The van der Waals surface area contributed by atoms with Gasteiger partial charge < -0.3 is 24.9 Å². The van der Waals surface area contributed by atoms with Crippen LogP contribution in [-0.4, -0.2) is 34.6 Å². The summed E-state index contributed by atoms with van der Waals surface area (Å²) in [6.07, 6.45) is 0. The molecule has 1 aromatic heterocycles. The number of fused-ring (bicyclic) bond motifs is 2. The van der Waals surface area contributed by atoms with E-state index in [0.29, 0.717) is 22.0 Å². The zero-order valence-corrected chi connectivity index (χ0v) is 20.7. The molecule has 5 rings (SSSR count). The number of benzene rings is 3. The Morgan fingerprint density at radius 3 is 2.68 bits per heavy atom. The largest absolute Gasteiger partial charge is 0.497 e. The Balaban J connectivity index is 1.56. The molecule has 2 heterocycles. The summed E-state index contributed by atoms with van der Waals surface area (Å²) in [6.45, 7) is 1.85. The number of nitro benzene ring substituents is 1. The van der Waals surface area contributed by atoms with Crippen molar-refractivity contribution in [3.63, 3.8) is 0 Å². The third-order valence-electron chi connectivity index (χ3n) is 5.88. The number of nitrogens with zero attached hydrogens (tertiary/aromatic N) is 2. The second-order valence-corrected chi connectivity index (χ2v) is 9.17. The number of hydrogen-bond donors (Lipinski definition) is 2. The van der Waals surface area contributed by atoms with E-state index in [2.05, 4.69) is 9.97 Å². The summed E-state index contributed by atoms with van der Waals surface area (Å²) in [5.74, 6) is -0.128. The Morgan fingerprint density at radius 2 is 1.97 bits per heavy atom. The average Bonchev–Trinajstić information content (AvgIpc) is 3.29. The molecule has 3 aromatic carbocycles. The van der Waals surface area contributed by atoms with Gasteiger partial charge in [0.15, 0.2) is 5.16 Å². The van der Waals surface area contributed by atoms with Gasteiger partial charge in [-0.1, -0.05) is 23.9 Å². The maximum absolute atomic E-state index is 12.9. The summed E-state index contributed by atoms with van der Waals surface area (Å²) in [4.78, 5) is 32.4. The first kappa shape index (κ1) is 24.2. The number of H-pyrrole nitrogens is 1. The molecule has 0 amide bonds. The number of carbonyl (C=O) groups excluding carboxylic acids is 1. The lowest BCUT2D eigenvalue weighted by atomic mass is 9.83. The van der Waals surface area contributed by atoms with Gasteiger partial charge in [0.25, 0.3) is 5.69 Å². The molecule has 0 aliphatic carbocycles. The van der Waals surface area contributed by atoms with Gasteiger partial charge in [-0.15, -0.1) is 0 Å². The summed E-state index contributed by atoms with van der Waals surface area (Å²) < 4.78 is 16.4. The Morgan fingerprint density at radius 1 is 1.19 bits per heavy atom. The average molecular weight is 519 g/mol. The summed E-state index contributed by atoms with van der Waals surface area (Å²) in [5.41, 5.74) is 9.21. The summed E-state index contributed by atoms with van der Waals surface area (Å²) in [6, 6.07) is 17.1. The van der Waals surface area contributed by atoms with Crippen LogP contribution in [0, 0.1) is 10.1 Å². The number of aromatic amines is 1.